The van der Waals surface area contributed by atoms with Gasteiger partial charge in [0.05, 0.1) is 0 Å². The lowest BCUT2D eigenvalue weighted by Gasteiger charge is -2.29. The zero-order valence-corrected chi connectivity index (χ0v) is 11.8. The van der Waals surface area contributed by atoms with Gasteiger partial charge < -0.3 is 10.6 Å². The molecule has 2 rings (SSSR count). The molecule has 0 spiro atoms. The fraction of sp³-hybridized carbons (Fsp3) is 0.625. The quantitative estimate of drug-likeness (QED) is 0.881. The first-order valence-electron chi connectivity index (χ1n) is 7.21. The molecule has 0 radical (unpaired) electrons. The summed E-state index contributed by atoms with van der Waals surface area (Å²) in [5, 5.41) is 0. The van der Waals surface area contributed by atoms with Gasteiger partial charge in [-0.05, 0) is 37.3 Å². The molecule has 1 aromatic carbocycles. The van der Waals surface area contributed by atoms with Crippen LogP contribution in [0, 0.1) is 12.8 Å². The number of nitrogens with two attached hydrogens (primary N) is 1. The van der Waals surface area contributed by atoms with E-state index in [0.717, 1.165) is 5.92 Å². The van der Waals surface area contributed by atoms with Gasteiger partial charge in [0, 0.05) is 25.8 Å². The molecule has 0 aromatic heterocycles. The molecule has 18 heavy (non-hydrogen) atoms. The van der Waals surface area contributed by atoms with E-state index in [1.807, 2.05) is 0 Å². The van der Waals surface area contributed by atoms with Crippen LogP contribution in [0.1, 0.15) is 43.2 Å². The summed E-state index contributed by atoms with van der Waals surface area (Å²) in [5.41, 5.74) is 9.75. The molecule has 0 amide bonds. The Morgan fingerprint density at radius 2 is 1.94 bits per heavy atom. The fourth-order valence-electron chi connectivity index (χ4n) is 3.11. The summed E-state index contributed by atoms with van der Waals surface area (Å²) in [7, 11) is 2.21. The van der Waals surface area contributed by atoms with Crippen molar-refractivity contribution in [3.05, 3.63) is 29.3 Å². The molecule has 0 bridgehead atoms. The molecule has 2 nitrogen and oxygen atoms in total. The first-order chi connectivity index (χ1) is 8.70. The molecule has 1 aliphatic carbocycles. The van der Waals surface area contributed by atoms with E-state index >= 15 is 0 Å². The second kappa shape index (κ2) is 6.24. The molecule has 2 N–H and O–H groups in total. The van der Waals surface area contributed by atoms with Gasteiger partial charge in [-0.3, -0.25) is 0 Å². The van der Waals surface area contributed by atoms with Gasteiger partial charge in [-0.2, -0.15) is 0 Å². The third-order valence-corrected chi connectivity index (χ3v) is 4.12. The highest BCUT2D eigenvalue weighted by atomic mass is 15.1. The van der Waals surface area contributed by atoms with E-state index in [9.17, 15) is 0 Å². The molecule has 2 heteroatoms. The van der Waals surface area contributed by atoms with Crippen molar-refractivity contribution in [1.29, 1.82) is 0 Å². The van der Waals surface area contributed by atoms with E-state index < -0.39 is 0 Å². The first-order valence-corrected chi connectivity index (χ1v) is 7.21. The Morgan fingerprint density at radius 3 is 2.61 bits per heavy atom. The fourth-order valence-corrected chi connectivity index (χ4v) is 3.11. The van der Waals surface area contributed by atoms with Crippen LogP contribution in [0.4, 0.5) is 5.69 Å². The van der Waals surface area contributed by atoms with Gasteiger partial charge in [-0.1, -0.05) is 37.0 Å². The maximum atomic E-state index is 5.86. The topological polar surface area (TPSA) is 29.3 Å². The Morgan fingerprint density at radius 1 is 1.22 bits per heavy atom. The molecule has 1 aliphatic rings. The lowest BCUT2D eigenvalue weighted by Crippen LogP contribution is -2.27. The minimum atomic E-state index is 0.631. The predicted molar refractivity (Wildman–Crippen MR) is 78.9 cm³/mol. The third-order valence-electron chi connectivity index (χ3n) is 4.12. The van der Waals surface area contributed by atoms with E-state index in [4.69, 9.17) is 5.73 Å². The van der Waals surface area contributed by atoms with Crippen molar-refractivity contribution in [1.82, 2.24) is 0 Å². The number of benzene rings is 1. The minimum absolute atomic E-state index is 0.631. The summed E-state index contributed by atoms with van der Waals surface area (Å²) < 4.78 is 0. The summed E-state index contributed by atoms with van der Waals surface area (Å²) in [6.45, 7) is 3.94. The standard InChI is InChI=1S/C16H26N2/c1-13-8-9-16(15(10-13)11-17)18(2)12-14-6-4-3-5-7-14/h8-10,14H,3-7,11-12,17H2,1-2H3. The average molecular weight is 246 g/mol. The predicted octanol–water partition coefficient (Wildman–Crippen LogP) is 3.47. The molecule has 0 unspecified atom stereocenters. The van der Waals surface area contributed by atoms with Crippen molar-refractivity contribution >= 4 is 5.69 Å². The summed E-state index contributed by atoms with van der Waals surface area (Å²) in [4.78, 5) is 2.40. The van der Waals surface area contributed by atoms with Crippen LogP contribution in [0.3, 0.4) is 0 Å². The Bertz CT molecular complexity index is 381. The number of hydrogen-bond donors (Lipinski definition) is 1. The van der Waals surface area contributed by atoms with E-state index in [1.54, 1.807) is 0 Å². The maximum absolute atomic E-state index is 5.86. The highest BCUT2D eigenvalue weighted by Crippen LogP contribution is 2.27. The molecule has 0 saturated heterocycles. The van der Waals surface area contributed by atoms with Crippen LogP contribution in [-0.4, -0.2) is 13.6 Å². The molecule has 1 fully saturated rings. The second-order valence-electron chi connectivity index (χ2n) is 5.72. The van der Waals surface area contributed by atoms with E-state index in [0.29, 0.717) is 6.54 Å². The molecule has 0 atom stereocenters. The zero-order valence-electron chi connectivity index (χ0n) is 11.8. The average Bonchev–Trinajstić information content (AvgIpc) is 2.39. The Labute approximate surface area is 111 Å². The lowest BCUT2D eigenvalue weighted by atomic mass is 9.89. The van der Waals surface area contributed by atoms with Gasteiger partial charge >= 0.3 is 0 Å². The van der Waals surface area contributed by atoms with Crippen LogP contribution in [0.5, 0.6) is 0 Å². The molecule has 0 heterocycles. The number of hydrogen-bond acceptors (Lipinski definition) is 2. The largest absolute Gasteiger partial charge is 0.374 e. The van der Waals surface area contributed by atoms with Crippen molar-refractivity contribution < 1.29 is 0 Å². The highest BCUT2D eigenvalue weighted by Gasteiger charge is 2.16. The van der Waals surface area contributed by atoms with Crippen molar-refractivity contribution in [2.45, 2.75) is 45.6 Å². The van der Waals surface area contributed by atoms with Gasteiger partial charge in [-0.15, -0.1) is 0 Å². The first kappa shape index (κ1) is 13.4. The van der Waals surface area contributed by atoms with Crippen molar-refractivity contribution in [3.8, 4) is 0 Å². The van der Waals surface area contributed by atoms with Crippen LogP contribution >= 0.6 is 0 Å². The number of aryl methyl sites for hydroxylation is 1. The van der Waals surface area contributed by atoms with Crippen molar-refractivity contribution in [3.63, 3.8) is 0 Å². The smallest absolute Gasteiger partial charge is 0.0409 e. The Balaban J connectivity index is 2.05. The summed E-state index contributed by atoms with van der Waals surface area (Å²) in [5.74, 6) is 0.871. The monoisotopic (exact) mass is 246 g/mol. The second-order valence-corrected chi connectivity index (χ2v) is 5.72. The summed E-state index contributed by atoms with van der Waals surface area (Å²) in [6.07, 6.45) is 7.05. The van der Waals surface area contributed by atoms with Crippen LogP contribution in [0.15, 0.2) is 18.2 Å². The number of nitrogens with zero attached hydrogens (tertiary/aromatic N) is 1. The normalized spacial score (nSPS) is 16.8. The van der Waals surface area contributed by atoms with Gasteiger partial charge in [0.15, 0.2) is 0 Å². The van der Waals surface area contributed by atoms with E-state index in [-0.39, 0.29) is 0 Å². The number of rotatable bonds is 4. The van der Waals surface area contributed by atoms with Gasteiger partial charge in [0.25, 0.3) is 0 Å². The minimum Gasteiger partial charge on any atom is -0.374 e. The van der Waals surface area contributed by atoms with Crippen molar-refractivity contribution in [2.24, 2.45) is 11.7 Å². The molecular formula is C16H26N2. The maximum Gasteiger partial charge on any atom is 0.0409 e. The van der Waals surface area contributed by atoms with Gasteiger partial charge in [0.1, 0.15) is 0 Å². The van der Waals surface area contributed by atoms with Crippen LogP contribution in [-0.2, 0) is 6.54 Å². The molecular weight excluding hydrogens is 220 g/mol. The van der Waals surface area contributed by atoms with Crippen LogP contribution in [0.2, 0.25) is 0 Å². The molecule has 0 aliphatic heterocycles. The van der Waals surface area contributed by atoms with E-state index in [2.05, 4.69) is 37.1 Å². The third kappa shape index (κ3) is 3.26. The number of anilines is 1. The van der Waals surface area contributed by atoms with Crippen LogP contribution < -0.4 is 10.6 Å². The van der Waals surface area contributed by atoms with Crippen LogP contribution in [0.25, 0.3) is 0 Å². The SMILES string of the molecule is Cc1ccc(N(C)CC2CCCCC2)c(CN)c1. The lowest BCUT2D eigenvalue weighted by molar-refractivity contribution is 0.362. The zero-order chi connectivity index (χ0) is 13.0. The molecule has 1 aromatic rings. The van der Waals surface area contributed by atoms with Gasteiger partial charge in [-0.25, -0.2) is 0 Å². The summed E-state index contributed by atoms with van der Waals surface area (Å²) >= 11 is 0. The molecule has 1 saturated carbocycles. The van der Waals surface area contributed by atoms with E-state index in [1.165, 1.54) is 55.5 Å². The highest BCUT2D eigenvalue weighted by molar-refractivity contribution is 5.54. The van der Waals surface area contributed by atoms with Crippen molar-refractivity contribution in [2.75, 3.05) is 18.5 Å². The molecule has 100 valence electrons. The Kier molecular flexibility index (Phi) is 4.65. The van der Waals surface area contributed by atoms with Gasteiger partial charge in [0.2, 0.25) is 0 Å². The Hall–Kier alpha value is -1.02. The summed E-state index contributed by atoms with van der Waals surface area (Å²) in [6, 6.07) is 6.62.